The number of hydrogen-bond acceptors (Lipinski definition) is 2. The highest BCUT2D eigenvalue weighted by Gasteiger charge is 1.98. The molecule has 1 aromatic rings. The summed E-state index contributed by atoms with van der Waals surface area (Å²) >= 11 is 5.84. The van der Waals surface area contributed by atoms with Crippen LogP contribution in [0.1, 0.15) is 19.4 Å². The van der Waals surface area contributed by atoms with Gasteiger partial charge in [-0.15, -0.1) is 0 Å². The summed E-state index contributed by atoms with van der Waals surface area (Å²) < 4.78 is 0. The Morgan fingerprint density at radius 3 is 2.40 bits per heavy atom. The van der Waals surface area contributed by atoms with E-state index in [1.807, 2.05) is 31.2 Å². The summed E-state index contributed by atoms with van der Waals surface area (Å²) in [7, 11) is 0. The lowest BCUT2D eigenvalue weighted by Crippen LogP contribution is -2.41. The van der Waals surface area contributed by atoms with Gasteiger partial charge in [-0.3, -0.25) is 4.79 Å². The van der Waals surface area contributed by atoms with Gasteiger partial charge in [0.05, 0.1) is 6.54 Å². The number of carbonyl (C=O) groups is 1. The van der Waals surface area contributed by atoms with Crippen molar-refractivity contribution < 1.29 is 4.79 Å². The van der Waals surface area contributed by atoms with Gasteiger partial charge in [0, 0.05) is 31.6 Å². The first-order chi connectivity index (χ1) is 9.61. The molecule has 0 bridgehead atoms. The van der Waals surface area contributed by atoms with Crippen molar-refractivity contribution in [1.82, 2.24) is 16.0 Å². The second-order valence-electron chi connectivity index (χ2n) is 4.23. The molecule has 0 aliphatic heterocycles. The van der Waals surface area contributed by atoms with E-state index in [4.69, 9.17) is 11.6 Å². The van der Waals surface area contributed by atoms with E-state index < -0.39 is 0 Å². The Bertz CT molecular complexity index is 445. The summed E-state index contributed by atoms with van der Waals surface area (Å²) in [6.45, 7) is 6.07. The lowest BCUT2D eigenvalue weighted by Gasteiger charge is -2.11. The molecule has 0 atom stereocenters. The Labute approximate surface area is 124 Å². The fourth-order valence-corrected chi connectivity index (χ4v) is 1.65. The highest BCUT2D eigenvalue weighted by atomic mass is 35.5. The number of guanidine groups is 1. The topological polar surface area (TPSA) is 65.5 Å². The van der Waals surface area contributed by atoms with E-state index in [2.05, 4.69) is 20.9 Å². The molecule has 0 heterocycles. The fourth-order valence-electron chi connectivity index (χ4n) is 1.52. The Morgan fingerprint density at radius 1 is 1.15 bits per heavy atom. The third kappa shape index (κ3) is 6.99. The van der Waals surface area contributed by atoms with Crippen molar-refractivity contribution in [3.05, 3.63) is 34.9 Å². The van der Waals surface area contributed by atoms with Crippen LogP contribution in [-0.4, -0.2) is 31.5 Å². The molecule has 3 N–H and O–H groups in total. The van der Waals surface area contributed by atoms with E-state index in [1.165, 1.54) is 6.92 Å². The molecule has 1 rings (SSSR count). The van der Waals surface area contributed by atoms with E-state index in [9.17, 15) is 4.79 Å². The fraction of sp³-hybridized carbons (Fsp3) is 0.429. The first-order valence-corrected chi connectivity index (χ1v) is 7.00. The molecule has 5 nitrogen and oxygen atoms in total. The molecule has 0 unspecified atom stereocenters. The summed E-state index contributed by atoms with van der Waals surface area (Å²) in [4.78, 5) is 15.2. The number of halogens is 1. The molecule has 0 radical (unpaired) electrons. The van der Waals surface area contributed by atoms with Crippen LogP contribution >= 0.6 is 11.6 Å². The lowest BCUT2D eigenvalue weighted by atomic mass is 10.2. The molecule has 0 fully saturated rings. The zero-order chi connectivity index (χ0) is 14.8. The third-order valence-corrected chi connectivity index (χ3v) is 2.72. The average molecular weight is 297 g/mol. The number of amides is 1. The van der Waals surface area contributed by atoms with Crippen LogP contribution in [-0.2, 0) is 11.3 Å². The maximum Gasteiger partial charge on any atom is 0.216 e. The molecule has 0 aromatic heterocycles. The molecule has 0 saturated heterocycles. The van der Waals surface area contributed by atoms with Crippen molar-refractivity contribution in [2.45, 2.75) is 20.4 Å². The van der Waals surface area contributed by atoms with Gasteiger partial charge in [0.15, 0.2) is 5.96 Å². The normalized spacial score (nSPS) is 11.1. The van der Waals surface area contributed by atoms with Gasteiger partial charge in [-0.2, -0.15) is 0 Å². The minimum absolute atomic E-state index is 0.0325. The maximum absolute atomic E-state index is 10.8. The maximum atomic E-state index is 10.8. The largest absolute Gasteiger partial charge is 0.357 e. The SMILES string of the molecule is CCNC(=NCc1ccc(Cl)cc1)NCCNC(C)=O. The third-order valence-electron chi connectivity index (χ3n) is 2.47. The molecule has 0 aliphatic rings. The van der Waals surface area contributed by atoms with Crippen LogP contribution in [0.4, 0.5) is 0 Å². The molecule has 1 amide bonds. The zero-order valence-corrected chi connectivity index (χ0v) is 12.6. The summed E-state index contributed by atoms with van der Waals surface area (Å²) in [5.74, 6) is 0.697. The first kappa shape index (κ1) is 16.3. The van der Waals surface area contributed by atoms with Crippen molar-refractivity contribution in [2.24, 2.45) is 4.99 Å². The smallest absolute Gasteiger partial charge is 0.216 e. The van der Waals surface area contributed by atoms with Crippen molar-refractivity contribution >= 4 is 23.5 Å². The Balaban J connectivity index is 2.45. The van der Waals surface area contributed by atoms with Gasteiger partial charge >= 0.3 is 0 Å². The lowest BCUT2D eigenvalue weighted by molar-refractivity contribution is -0.118. The molecular weight excluding hydrogens is 276 g/mol. The summed E-state index contributed by atoms with van der Waals surface area (Å²) in [6.07, 6.45) is 0. The number of benzene rings is 1. The predicted molar refractivity (Wildman–Crippen MR) is 83.0 cm³/mol. The Hall–Kier alpha value is -1.75. The molecule has 0 aliphatic carbocycles. The summed E-state index contributed by atoms with van der Waals surface area (Å²) in [5, 5.41) is 9.75. The first-order valence-electron chi connectivity index (χ1n) is 6.63. The highest BCUT2D eigenvalue weighted by Crippen LogP contribution is 2.09. The minimum Gasteiger partial charge on any atom is -0.357 e. The van der Waals surface area contributed by atoms with Crippen molar-refractivity contribution in [2.75, 3.05) is 19.6 Å². The minimum atomic E-state index is -0.0325. The Kier molecular flexibility index (Phi) is 7.50. The number of rotatable bonds is 6. The van der Waals surface area contributed by atoms with E-state index in [0.29, 0.717) is 19.6 Å². The van der Waals surface area contributed by atoms with Crippen LogP contribution in [0.15, 0.2) is 29.3 Å². The van der Waals surface area contributed by atoms with E-state index >= 15 is 0 Å². The van der Waals surface area contributed by atoms with Gasteiger partial charge in [-0.25, -0.2) is 4.99 Å². The number of hydrogen-bond donors (Lipinski definition) is 3. The monoisotopic (exact) mass is 296 g/mol. The molecular formula is C14H21ClN4O. The van der Waals surface area contributed by atoms with Crippen LogP contribution in [0.3, 0.4) is 0 Å². The number of carbonyl (C=O) groups excluding carboxylic acids is 1. The Morgan fingerprint density at radius 2 is 1.80 bits per heavy atom. The predicted octanol–water partition coefficient (Wildman–Crippen LogP) is 1.53. The molecule has 0 saturated carbocycles. The quantitative estimate of drug-likeness (QED) is 0.424. The summed E-state index contributed by atoms with van der Waals surface area (Å²) in [5.41, 5.74) is 1.09. The number of aliphatic imine (C=N–C) groups is 1. The van der Waals surface area contributed by atoms with Gasteiger partial charge in [0.25, 0.3) is 0 Å². The van der Waals surface area contributed by atoms with Crippen molar-refractivity contribution in [3.63, 3.8) is 0 Å². The van der Waals surface area contributed by atoms with Crippen LogP contribution in [0.25, 0.3) is 0 Å². The van der Waals surface area contributed by atoms with Crippen molar-refractivity contribution in [1.29, 1.82) is 0 Å². The summed E-state index contributed by atoms with van der Waals surface area (Å²) in [6, 6.07) is 7.60. The van der Waals surface area contributed by atoms with Crippen LogP contribution in [0.2, 0.25) is 5.02 Å². The van der Waals surface area contributed by atoms with Crippen LogP contribution in [0.5, 0.6) is 0 Å². The van der Waals surface area contributed by atoms with Gasteiger partial charge in [0.2, 0.25) is 5.91 Å². The van der Waals surface area contributed by atoms with Crippen LogP contribution < -0.4 is 16.0 Å². The second-order valence-corrected chi connectivity index (χ2v) is 4.67. The number of nitrogens with zero attached hydrogens (tertiary/aromatic N) is 1. The van der Waals surface area contributed by atoms with Gasteiger partial charge in [0.1, 0.15) is 0 Å². The molecule has 0 spiro atoms. The van der Waals surface area contributed by atoms with E-state index in [0.717, 1.165) is 23.1 Å². The average Bonchev–Trinajstić information content (AvgIpc) is 2.42. The van der Waals surface area contributed by atoms with E-state index in [1.54, 1.807) is 0 Å². The van der Waals surface area contributed by atoms with Crippen LogP contribution in [0, 0.1) is 0 Å². The standard InChI is InChI=1S/C14H21ClN4O/c1-3-16-14(18-9-8-17-11(2)20)19-10-12-4-6-13(15)7-5-12/h4-7H,3,8-10H2,1-2H3,(H,17,20)(H2,16,18,19). The molecule has 6 heteroatoms. The van der Waals surface area contributed by atoms with Gasteiger partial charge in [-0.05, 0) is 24.6 Å². The van der Waals surface area contributed by atoms with E-state index in [-0.39, 0.29) is 5.91 Å². The van der Waals surface area contributed by atoms with Crippen molar-refractivity contribution in [3.8, 4) is 0 Å². The molecule has 110 valence electrons. The van der Waals surface area contributed by atoms with Gasteiger partial charge < -0.3 is 16.0 Å². The zero-order valence-electron chi connectivity index (χ0n) is 11.9. The molecule has 20 heavy (non-hydrogen) atoms. The second kappa shape index (κ2) is 9.20. The van der Waals surface area contributed by atoms with Gasteiger partial charge in [-0.1, -0.05) is 23.7 Å². The highest BCUT2D eigenvalue weighted by molar-refractivity contribution is 6.30. The number of nitrogens with one attached hydrogen (secondary N) is 3. The molecule has 1 aromatic carbocycles.